The summed E-state index contributed by atoms with van der Waals surface area (Å²) in [5, 5.41) is 8.65. The first-order valence-corrected chi connectivity index (χ1v) is 7.69. The van der Waals surface area contributed by atoms with E-state index in [0.29, 0.717) is 17.7 Å². The Morgan fingerprint density at radius 1 is 1.37 bits per heavy atom. The van der Waals surface area contributed by atoms with Crippen molar-refractivity contribution in [3.63, 3.8) is 0 Å². The van der Waals surface area contributed by atoms with Gasteiger partial charge in [0.25, 0.3) is 0 Å². The van der Waals surface area contributed by atoms with E-state index in [1.54, 1.807) is 19.1 Å². The second-order valence-corrected chi connectivity index (χ2v) is 5.93. The Hall–Kier alpha value is -1.35. The van der Waals surface area contributed by atoms with Crippen LogP contribution in [0.3, 0.4) is 0 Å². The normalized spacial score (nSPS) is 10.9. The highest BCUT2D eigenvalue weighted by molar-refractivity contribution is 7.89. The van der Waals surface area contributed by atoms with Gasteiger partial charge in [-0.1, -0.05) is 31.3 Å². The summed E-state index contributed by atoms with van der Waals surface area (Å²) in [6, 6.07) is 4.99. The van der Waals surface area contributed by atoms with Crippen LogP contribution in [0.1, 0.15) is 30.9 Å². The van der Waals surface area contributed by atoms with Crippen molar-refractivity contribution in [3.05, 3.63) is 29.3 Å². The van der Waals surface area contributed by atoms with Crippen LogP contribution < -0.4 is 4.72 Å². The zero-order chi connectivity index (χ0) is 14.3. The van der Waals surface area contributed by atoms with Crippen LogP contribution in [0.4, 0.5) is 0 Å². The SMILES string of the molecule is CCCCNS(=O)(=O)c1cc(C#CCO)ccc1C. The maximum Gasteiger partial charge on any atom is 0.240 e. The number of aryl methyl sites for hydroxylation is 1. The number of rotatable bonds is 5. The van der Waals surface area contributed by atoms with Gasteiger partial charge in [-0.15, -0.1) is 0 Å². The number of sulfonamides is 1. The van der Waals surface area contributed by atoms with E-state index in [4.69, 9.17) is 5.11 Å². The summed E-state index contributed by atoms with van der Waals surface area (Å²) >= 11 is 0. The van der Waals surface area contributed by atoms with E-state index in [-0.39, 0.29) is 11.5 Å². The molecule has 1 aromatic rings. The highest BCUT2D eigenvalue weighted by Gasteiger charge is 2.16. The van der Waals surface area contributed by atoms with Gasteiger partial charge in [0.2, 0.25) is 10.0 Å². The summed E-state index contributed by atoms with van der Waals surface area (Å²) in [5.41, 5.74) is 1.26. The molecule has 0 heterocycles. The van der Waals surface area contributed by atoms with Crippen molar-refractivity contribution >= 4 is 10.0 Å². The topological polar surface area (TPSA) is 66.4 Å². The van der Waals surface area contributed by atoms with Gasteiger partial charge in [0.05, 0.1) is 4.90 Å². The van der Waals surface area contributed by atoms with Crippen LogP contribution in [0.5, 0.6) is 0 Å². The van der Waals surface area contributed by atoms with Crippen LogP contribution in [0.15, 0.2) is 23.1 Å². The first-order valence-electron chi connectivity index (χ1n) is 6.21. The molecule has 1 aromatic carbocycles. The van der Waals surface area contributed by atoms with E-state index < -0.39 is 10.0 Å². The second kappa shape index (κ2) is 7.29. The van der Waals surface area contributed by atoms with Crippen LogP contribution in [0, 0.1) is 18.8 Å². The Labute approximate surface area is 114 Å². The third-order valence-electron chi connectivity index (χ3n) is 2.61. The summed E-state index contributed by atoms with van der Waals surface area (Å²) in [6.45, 7) is 3.94. The number of benzene rings is 1. The van der Waals surface area contributed by atoms with Gasteiger partial charge in [-0.3, -0.25) is 0 Å². The number of aliphatic hydroxyl groups is 1. The predicted octanol–water partition coefficient (Wildman–Crippen LogP) is 1.42. The van der Waals surface area contributed by atoms with Gasteiger partial charge in [-0.25, -0.2) is 13.1 Å². The lowest BCUT2D eigenvalue weighted by atomic mass is 10.1. The molecule has 104 valence electrons. The molecule has 1 rings (SSSR count). The van der Waals surface area contributed by atoms with Crippen molar-refractivity contribution < 1.29 is 13.5 Å². The average molecular weight is 281 g/mol. The molecule has 0 fully saturated rings. The number of unbranched alkanes of at least 4 members (excludes halogenated alkanes) is 1. The minimum Gasteiger partial charge on any atom is -0.384 e. The molecule has 0 aliphatic carbocycles. The molecule has 2 N–H and O–H groups in total. The zero-order valence-corrected chi connectivity index (χ0v) is 12.0. The van der Waals surface area contributed by atoms with Crippen LogP contribution in [-0.2, 0) is 10.0 Å². The van der Waals surface area contributed by atoms with Crippen molar-refractivity contribution in [2.45, 2.75) is 31.6 Å². The Balaban J connectivity index is 3.04. The smallest absolute Gasteiger partial charge is 0.240 e. The predicted molar refractivity (Wildman–Crippen MR) is 75.2 cm³/mol. The Morgan fingerprint density at radius 3 is 2.74 bits per heavy atom. The van der Waals surface area contributed by atoms with E-state index in [1.807, 2.05) is 6.92 Å². The zero-order valence-electron chi connectivity index (χ0n) is 11.2. The standard InChI is InChI=1S/C14H19NO3S/c1-3-4-9-15-19(17,18)14-11-13(6-5-10-16)8-7-12(14)2/h7-8,11,15-16H,3-4,9-10H2,1-2H3. The van der Waals surface area contributed by atoms with Crippen molar-refractivity contribution in [2.24, 2.45) is 0 Å². The van der Waals surface area contributed by atoms with Crippen LogP contribution >= 0.6 is 0 Å². The first kappa shape index (κ1) is 15.7. The van der Waals surface area contributed by atoms with Crippen molar-refractivity contribution in [3.8, 4) is 11.8 Å². The summed E-state index contributed by atoms with van der Waals surface area (Å²) in [7, 11) is -3.49. The lowest BCUT2D eigenvalue weighted by Crippen LogP contribution is -2.25. The molecule has 0 spiro atoms. The molecule has 0 aromatic heterocycles. The average Bonchev–Trinajstić information content (AvgIpc) is 2.37. The van der Waals surface area contributed by atoms with E-state index in [9.17, 15) is 8.42 Å². The lowest BCUT2D eigenvalue weighted by Gasteiger charge is -2.09. The summed E-state index contributed by atoms with van der Waals surface area (Å²) in [6.07, 6.45) is 1.74. The monoisotopic (exact) mass is 281 g/mol. The maximum atomic E-state index is 12.1. The molecule has 0 saturated carbocycles. The second-order valence-electron chi connectivity index (χ2n) is 4.19. The molecule has 19 heavy (non-hydrogen) atoms. The van der Waals surface area contributed by atoms with Crippen molar-refractivity contribution in [1.29, 1.82) is 0 Å². The quantitative estimate of drug-likeness (QED) is 0.633. The number of aliphatic hydroxyl groups excluding tert-OH is 1. The maximum absolute atomic E-state index is 12.1. The Bertz CT molecular complexity index is 582. The summed E-state index contributed by atoms with van der Waals surface area (Å²) in [4.78, 5) is 0.244. The van der Waals surface area contributed by atoms with Gasteiger partial charge in [-0.2, -0.15) is 0 Å². The fourth-order valence-corrected chi connectivity index (χ4v) is 2.91. The highest BCUT2D eigenvalue weighted by atomic mass is 32.2. The van der Waals surface area contributed by atoms with Crippen LogP contribution in [0.25, 0.3) is 0 Å². The van der Waals surface area contributed by atoms with Crippen LogP contribution in [0.2, 0.25) is 0 Å². The molecule has 0 radical (unpaired) electrons. The molecule has 4 nitrogen and oxygen atoms in total. The number of hydrogen-bond acceptors (Lipinski definition) is 3. The number of nitrogens with one attached hydrogen (secondary N) is 1. The molecular weight excluding hydrogens is 262 g/mol. The van der Waals surface area contributed by atoms with E-state index in [0.717, 1.165) is 12.8 Å². The Morgan fingerprint density at radius 2 is 2.11 bits per heavy atom. The van der Waals surface area contributed by atoms with E-state index in [2.05, 4.69) is 16.6 Å². The third-order valence-corrected chi connectivity index (χ3v) is 4.21. The van der Waals surface area contributed by atoms with Gasteiger partial charge >= 0.3 is 0 Å². The van der Waals surface area contributed by atoms with E-state index >= 15 is 0 Å². The fraction of sp³-hybridized carbons (Fsp3) is 0.429. The summed E-state index contributed by atoms with van der Waals surface area (Å²) in [5.74, 6) is 5.21. The largest absolute Gasteiger partial charge is 0.384 e. The minimum atomic E-state index is -3.49. The Kier molecular flexibility index (Phi) is 6.03. The third kappa shape index (κ3) is 4.67. The van der Waals surface area contributed by atoms with Crippen molar-refractivity contribution in [2.75, 3.05) is 13.2 Å². The molecule has 5 heteroatoms. The molecule has 0 aliphatic rings. The molecule has 0 bridgehead atoms. The van der Waals surface area contributed by atoms with Gasteiger partial charge < -0.3 is 5.11 Å². The van der Waals surface area contributed by atoms with Gasteiger partial charge in [0.15, 0.2) is 0 Å². The molecule has 0 aliphatic heterocycles. The van der Waals surface area contributed by atoms with Crippen LogP contribution in [-0.4, -0.2) is 26.7 Å². The van der Waals surface area contributed by atoms with Gasteiger partial charge in [0.1, 0.15) is 6.61 Å². The number of hydrogen-bond donors (Lipinski definition) is 2. The summed E-state index contributed by atoms with van der Waals surface area (Å²) < 4.78 is 26.9. The molecule has 0 amide bonds. The molecular formula is C14H19NO3S. The molecule has 0 atom stereocenters. The lowest BCUT2D eigenvalue weighted by molar-refractivity contribution is 0.350. The molecule has 0 unspecified atom stereocenters. The van der Waals surface area contributed by atoms with Gasteiger partial charge in [0, 0.05) is 12.1 Å². The highest BCUT2D eigenvalue weighted by Crippen LogP contribution is 2.16. The van der Waals surface area contributed by atoms with Crippen molar-refractivity contribution in [1.82, 2.24) is 4.72 Å². The molecule has 0 saturated heterocycles. The minimum absolute atomic E-state index is 0.244. The van der Waals surface area contributed by atoms with E-state index in [1.165, 1.54) is 6.07 Å². The fourth-order valence-electron chi connectivity index (χ4n) is 1.57. The first-order chi connectivity index (χ1) is 9.01. The van der Waals surface area contributed by atoms with Gasteiger partial charge in [-0.05, 0) is 31.0 Å².